The zero-order chi connectivity index (χ0) is 18.0. The second-order valence-electron chi connectivity index (χ2n) is 7.41. The van der Waals surface area contributed by atoms with Gasteiger partial charge in [0.05, 0.1) is 0 Å². The van der Waals surface area contributed by atoms with E-state index in [2.05, 4.69) is 10.6 Å². The fourth-order valence-electron chi connectivity index (χ4n) is 3.68. The van der Waals surface area contributed by atoms with Gasteiger partial charge < -0.3 is 15.5 Å². The molecule has 2 heterocycles. The summed E-state index contributed by atoms with van der Waals surface area (Å²) >= 11 is 0. The van der Waals surface area contributed by atoms with Gasteiger partial charge in [-0.2, -0.15) is 0 Å². The van der Waals surface area contributed by atoms with Gasteiger partial charge in [-0.05, 0) is 49.4 Å². The van der Waals surface area contributed by atoms with Crippen molar-refractivity contribution < 1.29 is 14.0 Å². The molecule has 3 unspecified atom stereocenters. The van der Waals surface area contributed by atoms with Crippen LogP contribution in [0.3, 0.4) is 0 Å². The van der Waals surface area contributed by atoms with E-state index < -0.39 is 6.04 Å². The molecule has 26 heavy (non-hydrogen) atoms. The topological polar surface area (TPSA) is 61.4 Å². The fourth-order valence-corrected chi connectivity index (χ4v) is 3.68. The summed E-state index contributed by atoms with van der Waals surface area (Å²) in [4.78, 5) is 27.3. The highest BCUT2D eigenvalue weighted by atomic mass is 35.5. The van der Waals surface area contributed by atoms with Crippen LogP contribution in [0.15, 0.2) is 24.3 Å². The van der Waals surface area contributed by atoms with Crippen molar-refractivity contribution in [2.45, 2.75) is 51.2 Å². The largest absolute Gasteiger partial charge is 0.340 e. The zero-order valence-electron chi connectivity index (χ0n) is 15.2. The van der Waals surface area contributed by atoms with Crippen molar-refractivity contribution in [1.82, 2.24) is 15.5 Å². The number of likely N-dealkylation sites (tertiary alicyclic amines) is 1. The smallest absolute Gasteiger partial charge is 0.251 e. The molecule has 1 aromatic carbocycles. The first-order valence-corrected chi connectivity index (χ1v) is 9.05. The van der Waals surface area contributed by atoms with Gasteiger partial charge >= 0.3 is 0 Å². The molecule has 0 aliphatic carbocycles. The quantitative estimate of drug-likeness (QED) is 0.839. The van der Waals surface area contributed by atoms with E-state index in [0.29, 0.717) is 24.2 Å². The Morgan fingerprint density at radius 2 is 1.81 bits per heavy atom. The molecule has 144 valence electrons. The summed E-state index contributed by atoms with van der Waals surface area (Å²) < 4.78 is 13.0. The van der Waals surface area contributed by atoms with Crippen LogP contribution in [0.1, 0.15) is 43.5 Å². The van der Waals surface area contributed by atoms with Gasteiger partial charge in [0.15, 0.2) is 0 Å². The van der Waals surface area contributed by atoms with Gasteiger partial charge in [0.25, 0.3) is 5.91 Å². The first kappa shape index (κ1) is 20.6. The molecule has 2 bridgehead atoms. The Bertz CT molecular complexity index is 638. The molecule has 3 atom stereocenters. The van der Waals surface area contributed by atoms with E-state index in [1.54, 1.807) is 0 Å². The van der Waals surface area contributed by atoms with E-state index >= 15 is 0 Å². The summed E-state index contributed by atoms with van der Waals surface area (Å²) in [7, 11) is 0. The van der Waals surface area contributed by atoms with Gasteiger partial charge in [-0.15, -0.1) is 12.4 Å². The average Bonchev–Trinajstić information content (AvgIpc) is 2.91. The minimum absolute atomic E-state index is 0. The molecule has 2 fully saturated rings. The fraction of sp³-hybridized carbons (Fsp3) is 0.579. The second-order valence-corrected chi connectivity index (χ2v) is 7.41. The number of hydrogen-bond donors (Lipinski definition) is 2. The molecule has 3 rings (SSSR count). The normalized spacial score (nSPS) is 23.2. The summed E-state index contributed by atoms with van der Waals surface area (Å²) in [5, 5.41) is 6.40. The number of carbonyl (C=O) groups is 2. The highest BCUT2D eigenvalue weighted by Crippen LogP contribution is 2.21. The van der Waals surface area contributed by atoms with Crippen molar-refractivity contribution in [3.63, 3.8) is 0 Å². The molecule has 1 aromatic rings. The molecule has 2 saturated heterocycles. The van der Waals surface area contributed by atoms with Crippen molar-refractivity contribution in [2.75, 3.05) is 13.1 Å². The molecular formula is C19H27ClFN3O2. The number of hydrogen-bond acceptors (Lipinski definition) is 3. The van der Waals surface area contributed by atoms with Crippen molar-refractivity contribution >= 4 is 24.2 Å². The van der Waals surface area contributed by atoms with Crippen molar-refractivity contribution in [3.05, 3.63) is 35.6 Å². The van der Waals surface area contributed by atoms with Crippen LogP contribution in [0.5, 0.6) is 0 Å². The van der Waals surface area contributed by atoms with Gasteiger partial charge in [-0.25, -0.2) is 4.39 Å². The van der Waals surface area contributed by atoms with Crippen LogP contribution in [0.2, 0.25) is 0 Å². The summed E-state index contributed by atoms with van der Waals surface area (Å²) in [5.41, 5.74) is 0.358. The van der Waals surface area contributed by atoms with E-state index in [9.17, 15) is 14.0 Å². The molecule has 0 saturated carbocycles. The Balaban J connectivity index is 0.00000243. The van der Waals surface area contributed by atoms with Crippen LogP contribution < -0.4 is 10.6 Å². The Labute approximate surface area is 160 Å². The average molecular weight is 384 g/mol. The number of halogens is 2. The Morgan fingerprint density at radius 1 is 1.15 bits per heavy atom. The number of benzene rings is 1. The van der Waals surface area contributed by atoms with Crippen molar-refractivity contribution in [1.29, 1.82) is 0 Å². The highest BCUT2D eigenvalue weighted by molar-refractivity contribution is 5.97. The third kappa shape index (κ3) is 4.74. The number of carbonyl (C=O) groups excluding carboxylic acids is 2. The molecule has 2 aliphatic heterocycles. The van der Waals surface area contributed by atoms with E-state index in [-0.39, 0.29) is 36.0 Å². The first-order valence-electron chi connectivity index (χ1n) is 9.05. The van der Waals surface area contributed by atoms with Gasteiger partial charge in [0.1, 0.15) is 11.9 Å². The minimum atomic E-state index is -0.575. The molecule has 2 N–H and O–H groups in total. The lowest BCUT2D eigenvalue weighted by molar-refractivity contribution is -0.134. The first-order chi connectivity index (χ1) is 11.9. The van der Waals surface area contributed by atoms with Gasteiger partial charge in [-0.1, -0.05) is 13.8 Å². The van der Waals surface area contributed by atoms with Crippen molar-refractivity contribution in [2.24, 2.45) is 5.92 Å². The SMILES string of the molecule is CC(C)C(NC(=O)c1ccc(F)cc1)C(=O)N1CCC2CCC(C1)N2.Cl. The Morgan fingerprint density at radius 3 is 2.46 bits per heavy atom. The Hall–Kier alpha value is -1.66. The zero-order valence-corrected chi connectivity index (χ0v) is 16.0. The summed E-state index contributed by atoms with van der Waals surface area (Å²) in [6.45, 7) is 5.28. The standard InChI is InChI=1S/C19H26FN3O2.ClH/c1-12(2)17(22-18(24)13-3-5-14(20)6-4-13)19(25)23-10-9-15-7-8-16(11-23)21-15;/h3-6,12,15-17,21H,7-11H2,1-2H3,(H,22,24);1H. The van der Waals surface area contributed by atoms with Gasteiger partial charge in [0, 0.05) is 30.7 Å². The maximum atomic E-state index is 13.0. The van der Waals surface area contributed by atoms with E-state index in [1.807, 2.05) is 18.7 Å². The monoisotopic (exact) mass is 383 g/mol. The van der Waals surface area contributed by atoms with Crippen LogP contribution in [-0.4, -0.2) is 47.9 Å². The van der Waals surface area contributed by atoms with E-state index in [1.165, 1.54) is 30.7 Å². The van der Waals surface area contributed by atoms with Crippen LogP contribution in [0, 0.1) is 11.7 Å². The summed E-state index contributed by atoms with van der Waals surface area (Å²) in [6, 6.07) is 5.65. The third-order valence-corrected chi connectivity index (χ3v) is 5.16. The van der Waals surface area contributed by atoms with Crippen LogP contribution in [-0.2, 0) is 4.79 Å². The maximum absolute atomic E-state index is 13.0. The van der Waals surface area contributed by atoms with Crippen molar-refractivity contribution in [3.8, 4) is 0 Å². The van der Waals surface area contributed by atoms with E-state index in [4.69, 9.17) is 0 Å². The number of nitrogens with zero attached hydrogens (tertiary/aromatic N) is 1. The molecular weight excluding hydrogens is 357 g/mol. The molecule has 2 aliphatic rings. The molecule has 2 amide bonds. The molecule has 0 aromatic heterocycles. The second kappa shape index (κ2) is 8.82. The van der Waals surface area contributed by atoms with Crippen LogP contribution >= 0.6 is 12.4 Å². The van der Waals surface area contributed by atoms with Gasteiger partial charge in [0.2, 0.25) is 5.91 Å². The highest BCUT2D eigenvalue weighted by Gasteiger charge is 2.35. The van der Waals surface area contributed by atoms with E-state index in [0.717, 1.165) is 19.4 Å². The Kier molecular flexibility index (Phi) is 7.01. The summed E-state index contributed by atoms with van der Waals surface area (Å²) in [5.74, 6) is -0.785. The minimum Gasteiger partial charge on any atom is -0.340 e. The summed E-state index contributed by atoms with van der Waals surface area (Å²) in [6.07, 6.45) is 3.24. The molecule has 5 nitrogen and oxygen atoms in total. The van der Waals surface area contributed by atoms with Crippen LogP contribution in [0.4, 0.5) is 4.39 Å². The number of fused-ring (bicyclic) bond motifs is 2. The lowest BCUT2D eigenvalue weighted by Gasteiger charge is -2.30. The number of nitrogens with one attached hydrogen (secondary N) is 2. The predicted octanol–water partition coefficient (Wildman–Crippen LogP) is 2.35. The lowest BCUT2D eigenvalue weighted by atomic mass is 10.0. The molecule has 7 heteroatoms. The number of rotatable bonds is 4. The third-order valence-electron chi connectivity index (χ3n) is 5.16. The van der Waals surface area contributed by atoms with Gasteiger partial charge in [-0.3, -0.25) is 9.59 Å². The maximum Gasteiger partial charge on any atom is 0.251 e. The molecule has 0 radical (unpaired) electrons. The lowest BCUT2D eigenvalue weighted by Crippen LogP contribution is -2.53. The van der Waals surface area contributed by atoms with Crippen LogP contribution in [0.25, 0.3) is 0 Å². The molecule has 0 spiro atoms. The predicted molar refractivity (Wildman–Crippen MR) is 101 cm³/mol. The number of amides is 2.